The van der Waals surface area contributed by atoms with E-state index in [0.29, 0.717) is 11.5 Å². The fourth-order valence-corrected chi connectivity index (χ4v) is 2.31. The van der Waals surface area contributed by atoms with E-state index in [4.69, 9.17) is 15.6 Å². The van der Waals surface area contributed by atoms with Gasteiger partial charge in [-0.05, 0) is 29.8 Å². The molecule has 0 amide bonds. The monoisotopic (exact) mass is 309 g/mol. The zero-order valence-corrected chi connectivity index (χ0v) is 12.4. The molecule has 0 fully saturated rings. The number of methoxy groups -OCH3 is 1. The van der Waals surface area contributed by atoms with Crippen molar-refractivity contribution in [3.05, 3.63) is 60.6 Å². The highest BCUT2D eigenvalue weighted by Gasteiger charge is 2.10. The average molecular weight is 309 g/mol. The molecule has 0 radical (unpaired) electrons. The van der Waals surface area contributed by atoms with Crippen LogP contribution in [0.1, 0.15) is 10.4 Å². The van der Waals surface area contributed by atoms with E-state index in [1.165, 1.54) is 18.3 Å². The van der Waals surface area contributed by atoms with Crippen molar-refractivity contribution in [1.29, 1.82) is 0 Å². The Bertz CT molecular complexity index is 854. The van der Waals surface area contributed by atoms with Crippen molar-refractivity contribution in [3.63, 3.8) is 0 Å². The number of carbonyl (C=O) groups is 1. The second-order valence-electron chi connectivity index (χ2n) is 4.97. The molecule has 0 atom stereocenters. The third-order valence-electron chi connectivity index (χ3n) is 3.52. The third kappa shape index (κ3) is 2.87. The van der Waals surface area contributed by atoms with Crippen molar-refractivity contribution in [3.8, 4) is 22.7 Å². The molecule has 3 N–H and O–H groups in total. The Morgan fingerprint density at radius 3 is 2.61 bits per heavy atom. The van der Waals surface area contributed by atoms with Gasteiger partial charge in [-0.25, -0.2) is 9.78 Å². The number of nitrogens with two attached hydrogens (primary N) is 1. The lowest BCUT2D eigenvalue weighted by Gasteiger charge is -2.03. The Kier molecular flexibility index (Phi) is 3.72. The van der Waals surface area contributed by atoms with Gasteiger partial charge in [-0.15, -0.1) is 0 Å². The van der Waals surface area contributed by atoms with Crippen LogP contribution in [0.3, 0.4) is 0 Å². The molecule has 6 nitrogen and oxygen atoms in total. The highest BCUT2D eigenvalue weighted by Crippen LogP contribution is 2.29. The summed E-state index contributed by atoms with van der Waals surface area (Å²) in [7, 11) is 1.61. The summed E-state index contributed by atoms with van der Waals surface area (Å²) >= 11 is 0. The highest BCUT2D eigenvalue weighted by molar-refractivity contribution is 5.88. The second-order valence-corrected chi connectivity index (χ2v) is 4.97. The lowest BCUT2D eigenvalue weighted by atomic mass is 10.1. The lowest BCUT2D eigenvalue weighted by molar-refractivity contribution is 0.0696. The Morgan fingerprint density at radius 1 is 1.22 bits per heavy atom. The summed E-state index contributed by atoms with van der Waals surface area (Å²) in [6.07, 6.45) is 5.00. The molecule has 0 saturated heterocycles. The predicted octanol–water partition coefficient (Wildman–Crippen LogP) is 2.83. The molecule has 3 aromatic rings. The van der Waals surface area contributed by atoms with E-state index in [1.54, 1.807) is 17.9 Å². The van der Waals surface area contributed by atoms with Gasteiger partial charge in [0.15, 0.2) is 0 Å². The number of aromatic carboxylic acids is 1. The predicted molar refractivity (Wildman–Crippen MR) is 86.9 cm³/mol. The molecular weight excluding hydrogens is 294 g/mol. The lowest BCUT2D eigenvalue weighted by Crippen LogP contribution is -2.00. The van der Waals surface area contributed by atoms with Crippen molar-refractivity contribution in [1.82, 2.24) is 9.55 Å². The Morgan fingerprint density at radius 2 is 1.96 bits per heavy atom. The first kappa shape index (κ1) is 14.6. The molecule has 0 aliphatic heterocycles. The van der Waals surface area contributed by atoms with Crippen LogP contribution >= 0.6 is 0 Å². The molecule has 3 rings (SSSR count). The van der Waals surface area contributed by atoms with Gasteiger partial charge in [-0.3, -0.25) is 0 Å². The van der Waals surface area contributed by atoms with Crippen molar-refractivity contribution in [2.24, 2.45) is 0 Å². The van der Waals surface area contributed by atoms with E-state index < -0.39 is 5.97 Å². The van der Waals surface area contributed by atoms with E-state index in [1.807, 2.05) is 30.5 Å². The van der Waals surface area contributed by atoms with E-state index in [-0.39, 0.29) is 5.56 Å². The van der Waals surface area contributed by atoms with Crippen LogP contribution in [0.5, 0.6) is 5.75 Å². The number of benzene rings is 1. The molecule has 2 heterocycles. The number of hydrogen-bond acceptors (Lipinski definition) is 4. The van der Waals surface area contributed by atoms with Gasteiger partial charge in [0, 0.05) is 24.2 Å². The summed E-state index contributed by atoms with van der Waals surface area (Å²) in [5.74, 6) is 0.267. The normalized spacial score (nSPS) is 10.5. The second kappa shape index (κ2) is 5.84. The zero-order chi connectivity index (χ0) is 16.4. The number of pyridine rings is 1. The van der Waals surface area contributed by atoms with Gasteiger partial charge >= 0.3 is 5.97 Å². The number of rotatable bonds is 4. The Balaban J connectivity index is 2.00. The van der Waals surface area contributed by atoms with Gasteiger partial charge in [-0.1, -0.05) is 12.1 Å². The average Bonchev–Trinajstić information content (AvgIpc) is 2.97. The maximum Gasteiger partial charge on any atom is 0.335 e. The van der Waals surface area contributed by atoms with Gasteiger partial charge in [0.1, 0.15) is 11.6 Å². The fourth-order valence-electron chi connectivity index (χ4n) is 2.31. The standard InChI is InChI=1S/C17H15N3O3/c1-23-13-4-2-11(3-5-13)14-9-20(10-15(14)18)16-8-12(17(21)22)6-7-19-16/h2-10H,18H2,1H3,(H,21,22). The number of carboxylic acids is 1. The van der Waals surface area contributed by atoms with Gasteiger partial charge < -0.3 is 20.1 Å². The quantitative estimate of drug-likeness (QED) is 0.773. The SMILES string of the molecule is COc1ccc(-c2cn(-c3cc(C(=O)O)ccn3)cc2N)cc1. The van der Waals surface area contributed by atoms with Gasteiger partial charge in [0.2, 0.25) is 0 Å². The van der Waals surface area contributed by atoms with Crippen LogP contribution in [-0.4, -0.2) is 27.7 Å². The fraction of sp³-hybridized carbons (Fsp3) is 0.0588. The van der Waals surface area contributed by atoms with Gasteiger partial charge in [0.05, 0.1) is 18.4 Å². The number of aromatic nitrogens is 2. The summed E-state index contributed by atoms with van der Waals surface area (Å²) < 4.78 is 6.85. The molecule has 6 heteroatoms. The number of carboxylic acid groups (broad SMARTS) is 1. The van der Waals surface area contributed by atoms with Crippen molar-refractivity contribution in [2.75, 3.05) is 12.8 Å². The van der Waals surface area contributed by atoms with E-state index >= 15 is 0 Å². The number of anilines is 1. The van der Waals surface area contributed by atoms with Crippen molar-refractivity contribution >= 4 is 11.7 Å². The number of nitrogens with zero attached hydrogens (tertiary/aromatic N) is 2. The van der Waals surface area contributed by atoms with Crippen LogP contribution in [0.15, 0.2) is 55.0 Å². The molecule has 1 aromatic carbocycles. The minimum Gasteiger partial charge on any atom is -0.497 e. The molecule has 0 spiro atoms. The minimum absolute atomic E-state index is 0.174. The highest BCUT2D eigenvalue weighted by atomic mass is 16.5. The molecule has 2 aromatic heterocycles. The number of ether oxygens (including phenoxy) is 1. The summed E-state index contributed by atoms with van der Waals surface area (Å²) in [6, 6.07) is 10.5. The molecule has 0 saturated carbocycles. The van der Waals surface area contributed by atoms with Crippen molar-refractivity contribution in [2.45, 2.75) is 0 Å². The molecule has 116 valence electrons. The first-order valence-electron chi connectivity index (χ1n) is 6.90. The molecular formula is C17H15N3O3. The summed E-state index contributed by atoms with van der Waals surface area (Å²) in [5.41, 5.74) is 8.62. The first-order chi connectivity index (χ1) is 11.1. The number of hydrogen-bond donors (Lipinski definition) is 2. The molecule has 23 heavy (non-hydrogen) atoms. The van der Waals surface area contributed by atoms with E-state index in [0.717, 1.165) is 16.9 Å². The van der Waals surface area contributed by atoms with Crippen molar-refractivity contribution < 1.29 is 14.6 Å². The largest absolute Gasteiger partial charge is 0.497 e. The van der Waals surface area contributed by atoms with E-state index in [9.17, 15) is 4.79 Å². The topological polar surface area (TPSA) is 90.4 Å². The third-order valence-corrected chi connectivity index (χ3v) is 3.52. The van der Waals surface area contributed by atoms with Crippen LogP contribution < -0.4 is 10.5 Å². The summed E-state index contributed by atoms with van der Waals surface area (Å²) in [6.45, 7) is 0. The molecule has 0 aliphatic carbocycles. The first-order valence-corrected chi connectivity index (χ1v) is 6.90. The van der Waals surface area contributed by atoms with Crippen LogP contribution in [0.4, 0.5) is 5.69 Å². The minimum atomic E-state index is -0.996. The molecule has 0 unspecified atom stereocenters. The molecule has 0 aliphatic rings. The molecule has 0 bridgehead atoms. The Labute approximate surface area is 132 Å². The number of nitrogen functional groups attached to an aromatic ring is 1. The smallest absolute Gasteiger partial charge is 0.335 e. The maximum atomic E-state index is 11.1. The van der Waals surface area contributed by atoms with Crippen LogP contribution in [0.2, 0.25) is 0 Å². The summed E-state index contributed by atoms with van der Waals surface area (Å²) in [5, 5.41) is 9.07. The van der Waals surface area contributed by atoms with Gasteiger partial charge in [0.25, 0.3) is 0 Å². The van der Waals surface area contributed by atoms with Crippen LogP contribution in [-0.2, 0) is 0 Å². The van der Waals surface area contributed by atoms with Gasteiger partial charge in [-0.2, -0.15) is 0 Å². The maximum absolute atomic E-state index is 11.1. The Hall–Kier alpha value is -3.28. The summed E-state index contributed by atoms with van der Waals surface area (Å²) in [4.78, 5) is 15.3. The zero-order valence-electron chi connectivity index (χ0n) is 12.4. The van der Waals surface area contributed by atoms with E-state index in [2.05, 4.69) is 4.98 Å². The van der Waals surface area contributed by atoms with Crippen LogP contribution in [0, 0.1) is 0 Å². The van der Waals surface area contributed by atoms with Crippen LogP contribution in [0.25, 0.3) is 16.9 Å².